The molecule has 0 radical (unpaired) electrons. The summed E-state index contributed by atoms with van der Waals surface area (Å²) in [5.74, 6) is -0.208. The van der Waals surface area contributed by atoms with Gasteiger partial charge < -0.3 is 15.0 Å². The van der Waals surface area contributed by atoms with Crippen molar-refractivity contribution in [2.45, 2.75) is 6.42 Å². The third-order valence-electron chi connectivity index (χ3n) is 4.05. The Hall–Kier alpha value is -2.05. The molecule has 0 aromatic heterocycles. The van der Waals surface area contributed by atoms with Crippen molar-refractivity contribution >= 4 is 50.7 Å². The van der Waals surface area contributed by atoms with Crippen molar-refractivity contribution in [3.8, 4) is 5.75 Å². The van der Waals surface area contributed by atoms with Crippen molar-refractivity contribution in [2.24, 2.45) is 5.92 Å². The van der Waals surface area contributed by atoms with E-state index in [9.17, 15) is 9.59 Å². The lowest BCUT2D eigenvalue weighted by molar-refractivity contribution is -0.122. The molecule has 0 saturated carbocycles. The minimum Gasteiger partial charge on any atom is -0.495 e. The number of halogens is 2. The van der Waals surface area contributed by atoms with Crippen LogP contribution in [0.25, 0.3) is 0 Å². The molecule has 0 spiro atoms. The van der Waals surface area contributed by atoms with E-state index in [4.69, 9.17) is 16.3 Å². The van der Waals surface area contributed by atoms with Gasteiger partial charge in [-0.1, -0.05) is 27.5 Å². The fourth-order valence-electron chi connectivity index (χ4n) is 2.77. The van der Waals surface area contributed by atoms with Crippen LogP contribution in [0.4, 0.5) is 11.4 Å². The van der Waals surface area contributed by atoms with Crippen molar-refractivity contribution in [2.75, 3.05) is 23.9 Å². The SMILES string of the molecule is COc1ccc(Cl)cc1NC(=O)C1CC(=O)N(c2ccc(Br)cc2)C1. The van der Waals surface area contributed by atoms with Gasteiger partial charge in [-0.25, -0.2) is 0 Å². The number of ether oxygens (including phenoxy) is 1. The van der Waals surface area contributed by atoms with Crippen LogP contribution in [0.5, 0.6) is 5.75 Å². The number of hydrogen-bond acceptors (Lipinski definition) is 3. The second-order valence-electron chi connectivity index (χ2n) is 5.72. The molecule has 2 aromatic carbocycles. The van der Waals surface area contributed by atoms with Crippen LogP contribution in [0.15, 0.2) is 46.9 Å². The minimum absolute atomic E-state index is 0.0690. The highest BCUT2D eigenvalue weighted by Gasteiger charge is 2.35. The summed E-state index contributed by atoms with van der Waals surface area (Å²) in [6.07, 6.45) is 0.171. The molecule has 1 unspecified atom stereocenters. The Bertz CT molecular complexity index is 810. The molecule has 2 aromatic rings. The van der Waals surface area contributed by atoms with Gasteiger partial charge >= 0.3 is 0 Å². The highest BCUT2D eigenvalue weighted by atomic mass is 79.9. The molecule has 3 rings (SSSR count). The zero-order chi connectivity index (χ0) is 18.0. The summed E-state index contributed by atoms with van der Waals surface area (Å²) in [5.41, 5.74) is 1.28. The molecular formula is C18H16BrClN2O3. The van der Waals surface area contributed by atoms with Crippen molar-refractivity contribution in [1.29, 1.82) is 0 Å². The van der Waals surface area contributed by atoms with Crippen molar-refractivity contribution in [3.05, 3.63) is 52.0 Å². The van der Waals surface area contributed by atoms with Gasteiger partial charge in [0.2, 0.25) is 11.8 Å². The first-order chi connectivity index (χ1) is 12.0. The number of hydrogen-bond donors (Lipinski definition) is 1. The van der Waals surface area contributed by atoms with Crippen molar-refractivity contribution < 1.29 is 14.3 Å². The highest BCUT2D eigenvalue weighted by Crippen LogP contribution is 2.30. The summed E-state index contributed by atoms with van der Waals surface area (Å²) in [4.78, 5) is 26.5. The first-order valence-electron chi connectivity index (χ1n) is 7.68. The van der Waals surface area contributed by atoms with Crippen LogP contribution in [0, 0.1) is 5.92 Å². The van der Waals surface area contributed by atoms with Gasteiger partial charge in [0.1, 0.15) is 5.75 Å². The fraction of sp³-hybridized carbons (Fsp3) is 0.222. The molecule has 1 aliphatic heterocycles. The van der Waals surface area contributed by atoms with E-state index in [0.717, 1.165) is 10.2 Å². The van der Waals surface area contributed by atoms with Crippen LogP contribution >= 0.6 is 27.5 Å². The van der Waals surface area contributed by atoms with E-state index in [0.29, 0.717) is 23.0 Å². The number of nitrogens with zero attached hydrogens (tertiary/aromatic N) is 1. The topological polar surface area (TPSA) is 58.6 Å². The lowest BCUT2D eigenvalue weighted by Gasteiger charge is -2.17. The molecule has 1 heterocycles. The van der Waals surface area contributed by atoms with Crippen LogP contribution < -0.4 is 15.0 Å². The maximum atomic E-state index is 12.6. The summed E-state index contributed by atoms with van der Waals surface area (Å²) in [6.45, 7) is 0.342. The van der Waals surface area contributed by atoms with E-state index in [1.165, 1.54) is 7.11 Å². The van der Waals surface area contributed by atoms with Gasteiger partial charge in [-0.3, -0.25) is 9.59 Å². The molecule has 1 N–H and O–H groups in total. The standard InChI is InChI=1S/C18H16BrClN2O3/c1-25-16-7-4-13(20)9-15(16)21-18(24)11-8-17(23)22(10-11)14-5-2-12(19)3-6-14/h2-7,9,11H,8,10H2,1H3,(H,21,24). The molecule has 2 amide bonds. The number of rotatable bonds is 4. The van der Waals surface area contributed by atoms with E-state index >= 15 is 0 Å². The number of anilines is 2. The summed E-state index contributed by atoms with van der Waals surface area (Å²) < 4.78 is 6.17. The van der Waals surface area contributed by atoms with E-state index < -0.39 is 5.92 Å². The zero-order valence-corrected chi connectivity index (χ0v) is 15.8. The van der Waals surface area contributed by atoms with E-state index in [-0.39, 0.29) is 18.2 Å². The quantitative estimate of drug-likeness (QED) is 0.805. The van der Waals surface area contributed by atoms with E-state index in [1.54, 1.807) is 23.1 Å². The minimum atomic E-state index is -0.431. The molecular weight excluding hydrogens is 408 g/mol. The average Bonchev–Trinajstić information content (AvgIpc) is 2.98. The predicted molar refractivity (Wildman–Crippen MR) is 101 cm³/mol. The normalized spacial score (nSPS) is 16.8. The first kappa shape index (κ1) is 17.8. The lowest BCUT2D eigenvalue weighted by Crippen LogP contribution is -2.28. The number of nitrogens with one attached hydrogen (secondary N) is 1. The smallest absolute Gasteiger partial charge is 0.229 e. The van der Waals surface area contributed by atoms with Crippen molar-refractivity contribution in [1.82, 2.24) is 0 Å². The Morgan fingerprint density at radius 1 is 1.28 bits per heavy atom. The second kappa shape index (κ2) is 7.45. The van der Waals surface area contributed by atoms with Crippen LogP contribution in [0.2, 0.25) is 5.02 Å². The number of amides is 2. The molecule has 1 aliphatic rings. The first-order valence-corrected chi connectivity index (χ1v) is 8.85. The summed E-state index contributed by atoms with van der Waals surface area (Å²) in [7, 11) is 1.52. The monoisotopic (exact) mass is 422 g/mol. The van der Waals surface area contributed by atoms with Crippen LogP contribution in [0.1, 0.15) is 6.42 Å². The largest absolute Gasteiger partial charge is 0.495 e. The van der Waals surface area contributed by atoms with E-state index in [1.807, 2.05) is 24.3 Å². The third kappa shape index (κ3) is 3.96. The van der Waals surface area contributed by atoms with Crippen LogP contribution in [0.3, 0.4) is 0 Å². The summed E-state index contributed by atoms with van der Waals surface area (Å²) >= 11 is 9.35. The van der Waals surface area contributed by atoms with E-state index in [2.05, 4.69) is 21.2 Å². The molecule has 0 bridgehead atoms. The Labute approximate surface area is 159 Å². The lowest BCUT2D eigenvalue weighted by atomic mass is 10.1. The maximum Gasteiger partial charge on any atom is 0.229 e. The molecule has 1 atom stereocenters. The third-order valence-corrected chi connectivity index (χ3v) is 4.82. The summed E-state index contributed by atoms with van der Waals surface area (Å²) in [6, 6.07) is 12.4. The molecule has 5 nitrogen and oxygen atoms in total. The Balaban J connectivity index is 1.73. The highest BCUT2D eigenvalue weighted by molar-refractivity contribution is 9.10. The van der Waals surface area contributed by atoms with Gasteiger partial charge in [0, 0.05) is 28.1 Å². The van der Waals surface area contributed by atoms with Gasteiger partial charge in [-0.05, 0) is 42.5 Å². The fourth-order valence-corrected chi connectivity index (χ4v) is 3.20. The molecule has 7 heteroatoms. The molecule has 1 fully saturated rings. The Kier molecular flexibility index (Phi) is 5.30. The van der Waals surface area contributed by atoms with Crippen molar-refractivity contribution in [3.63, 3.8) is 0 Å². The number of methoxy groups -OCH3 is 1. The van der Waals surface area contributed by atoms with Gasteiger partial charge in [-0.2, -0.15) is 0 Å². The van der Waals surface area contributed by atoms with Gasteiger partial charge in [0.05, 0.1) is 18.7 Å². The maximum absolute atomic E-state index is 12.6. The number of carbonyl (C=O) groups is 2. The Morgan fingerprint density at radius 3 is 2.68 bits per heavy atom. The number of carbonyl (C=O) groups excluding carboxylic acids is 2. The number of benzene rings is 2. The van der Waals surface area contributed by atoms with Gasteiger partial charge in [0.15, 0.2) is 0 Å². The van der Waals surface area contributed by atoms with Crippen LogP contribution in [-0.2, 0) is 9.59 Å². The van der Waals surface area contributed by atoms with Gasteiger partial charge in [0.25, 0.3) is 0 Å². The zero-order valence-electron chi connectivity index (χ0n) is 13.5. The predicted octanol–water partition coefficient (Wildman–Crippen LogP) is 4.10. The molecule has 130 valence electrons. The molecule has 1 saturated heterocycles. The summed E-state index contributed by atoms with van der Waals surface area (Å²) in [5, 5.41) is 3.31. The van der Waals surface area contributed by atoms with Crippen LogP contribution in [-0.4, -0.2) is 25.5 Å². The second-order valence-corrected chi connectivity index (χ2v) is 7.07. The average molecular weight is 424 g/mol. The Morgan fingerprint density at radius 2 is 2.00 bits per heavy atom. The molecule has 25 heavy (non-hydrogen) atoms. The van der Waals surface area contributed by atoms with Gasteiger partial charge in [-0.15, -0.1) is 0 Å². The molecule has 0 aliphatic carbocycles.